The average Bonchev–Trinajstić information content (AvgIpc) is 2.67. The summed E-state index contributed by atoms with van der Waals surface area (Å²) in [5.74, 6) is 3.18. The highest BCUT2D eigenvalue weighted by Gasteiger charge is 2.12. The fraction of sp³-hybridized carbons (Fsp3) is 0.200. The molecule has 0 bridgehead atoms. The minimum Gasteiger partial charge on any atom is -0.495 e. The summed E-state index contributed by atoms with van der Waals surface area (Å²) in [6.07, 6.45) is 0. The van der Waals surface area contributed by atoms with Crippen LogP contribution in [0.25, 0.3) is 0 Å². The molecule has 0 radical (unpaired) electrons. The van der Waals surface area contributed by atoms with Gasteiger partial charge >= 0.3 is 0 Å². The van der Waals surface area contributed by atoms with Crippen molar-refractivity contribution in [3.05, 3.63) is 53.2 Å². The predicted molar refractivity (Wildman–Crippen MR) is 109 cm³/mol. The number of ether oxygens (including phenoxy) is 3. The molecule has 2 heterocycles. The summed E-state index contributed by atoms with van der Waals surface area (Å²) in [5.41, 5.74) is 2.43. The maximum Gasteiger partial charge on any atom is 0.229 e. The van der Waals surface area contributed by atoms with Gasteiger partial charge in [0.15, 0.2) is 11.5 Å². The van der Waals surface area contributed by atoms with Crippen molar-refractivity contribution in [2.24, 2.45) is 0 Å². The van der Waals surface area contributed by atoms with E-state index >= 15 is 0 Å². The molecular formula is C20H19ClN4O3. The third-order valence-electron chi connectivity index (χ3n) is 4.08. The Bertz CT molecular complexity index is 1010. The molecule has 2 aromatic carbocycles. The van der Waals surface area contributed by atoms with Crippen molar-refractivity contribution in [3.63, 3.8) is 0 Å². The number of hydrogen-bond donors (Lipinski definition) is 2. The zero-order valence-electron chi connectivity index (χ0n) is 15.5. The van der Waals surface area contributed by atoms with E-state index in [4.69, 9.17) is 25.8 Å². The lowest BCUT2D eigenvalue weighted by Crippen LogP contribution is -2.15. The normalized spacial score (nSPS) is 12.4. The van der Waals surface area contributed by atoms with E-state index in [-0.39, 0.29) is 0 Å². The number of nitrogens with one attached hydrogen (secondary N) is 2. The Hall–Kier alpha value is -3.19. The van der Waals surface area contributed by atoms with Crippen LogP contribution < -0.4 is 24.8 Å². The molecule has 1 aliphatic heterocycles. The van der Waals surface area contributed by atoms with Gasteiger partial charge in [-0.15, -0.1) is 0 Å². The standard InChI is InChI=1S/C20H19ClN4O3/c1-12-9-19(23-13-3-5-16(26-2)15(21)10-13)25-20(22-12)24-14-4-6-17-18(11-14)28-8-7-27-17/h3-6,9-11H,7-8H2,1-2H3,(H2,22,23,24,25). The molecule has 3 aromatic rings. The van der Waals surface area contributed by atoms with Crippen LogP contribution in [0, 0.1) is 6.92 Å². The van der Waals surface area contributed by atoms with Gasteiger partial charge in [-0.2, -0.15) is 4.98 Å². The maximum absolute atomic E-state index is 6.19. The summed E-state index contributed by atoms with van der Waals surface area (Å²) >= 11 is 6.19. The first-order chi connectivity index (χ1) is 13.6. The van der Waals surface area contributed by atoms with Crippen LogP contribution in [0.3, 0.4) is 0 Å². The lowest BCUT2D eigenvalue weighted by Gasteiger charge is -2.19. The smallest absolute Gasteiger partial charge is 0.229 e. The van der Waals surface area contributed by atoms with Gasteiger partial charge < -0.3 is 24.8 Å². The Morgan fingerprint density at radius 1 is 0.929 bits per heavy atom. The van der Waals surface area contributed by atoms with Crippen LogP contribution in [0.5, 0.6) is 17.2 Å². The van der Waals surface area contributed by atoms with Gasteiger partial charge in [0.2, 0.25) is 5.95 Å². The van der Waals surface area contributed by atoms with Gasteiger partial charge in [0.1, 0.15) is 24.8 Å². The molecule has 0 amide bonds. The lowest BCUT2D eigenvalue weighted by molar-refractivity contribution is 0.171. The largest absolute Gasteiger partial charge is 0.495 e. The van der Waals surface area contributed by atoms with Gasteiger partial charge in [0.25, 0.3) is 0 Å². The highest BCUT2D eigenvalue weighted by atomic mass is 35.5. The van der Waals surface area contributed by atoms with E-state index < -0.39 is 0 Å². The van der Waals surface area contributed by atoms with E-state index in [0.29, 0.717) is 41.5 Å². The second-order valence-corrected chi connectivity index (χ2v) is 6.58. The number of aromatic nitrogens is 2. The number of methoxy groups -OCH3 is 1. The summed E-state index contributed by atoms with van der Waals surface area (Å²) in [6.45, 7) is 3.00. The molecule has 8 heteroatoms. The van der Waals surface area contributed by atoms with Crippen LogP contribution in [-0.2, 0) is 0 Å². The zero-order chi connectivity index (χ0) is 19.5. The fourth-order valence-corrected chi connectivity index (χ4v) is 3.09. The van der Waals surface area contributed by atoms with Crippen molar-refractivity contribution < 1.29 is 14.2 Å². The Morgan fingerprint density at radius 3 is 2.46 bits per heavy atom. The number of anilines is 4. The SMILES string of the molecule is COc1ccc(Nc2cc(C)nc(Nc3ccc4c(c3)OCCO4)n2)cc1Cl. The molecule has 28 heavy (non-hydrogen) atoms. The predicted octanol–water partition coefficient (Wildman–Crippen LogP) is 4.71. The number of rotatable bonds is 5. The maximum atomic E-state index is 6.19. The summed E-state index contributed by atoms with van der Waals surface area (Å²) in [4.78, 5) is 8.98. The van der Waals surface area contributed by atoms with Gasteiger partial charge in [0, 0.05) is 29.2 Å². The van der Waals surface area contributed by atoms with Crippen LogP contribution >= 0.6 is 11.6 Å². The summed E-state index contributed by atoms with van der Waals surface area (Å²) < 4.78 is 16.3. The monoisotopic (exact) mass is 398 g/mol. The number of nitrogens with zero attached hydrogens (tertiary/aromatic N) is 2. The van der Waals surface area contributed by atoms with Gasteiger partial charge in [-0.3, -0.25) is 0 Å². The summed E-state index contributed by atoms with van der Waals surface area (Å²) in [7, 11) is 1.58. The summed E-state index contributed by atoms with van der Waals surface area (Å²) in [5, 5.41) is 6.97. The number of aryl methyl sites for hydroxylation is 1. The van der Waals surface area contributed by atoms with Crippen LogP contribution in [-0.4, -0.2) is 30.3 Å². The molecular weight excluding hydrogens is 380 g/mol. The quantitative estimate of drug-likeness (QED) is 0.644. The van der Waals surface area contributed by atoms with Crippen LogP contribution in [0.1, 0.15) is 5.69 Å². The number of hydrogen-bond acceptors (Lipinski definition) is 7. The van der Waals surface area contributed by atoms with Crippen molar-refractivity contribution in [2.45, 2.75) is 6.92 Å². The minimum atomic E-state index is 0.471. The Morgan fingerprint density at radius 2 is 1.68 bits per heavy atom. The molecule has 0 aliphatic carbocycles. The zero-order valence-corrected chi connectivity index (χ0v) is 16.2. The topological polar surface area (TPSA) is 77.5 Å². The Balaban J connectivity index is 1.54. The molecule has 0 unspecified atom stereocenters. The number of benzene rings is 2. The summed E-state index contributed by atoms with van der Waals surface area (Å²) in [6, 6.07) is 12.9. The number of fused-ring (bicyclic) bond motifs is 1. The third-order valence-corrected chi connectivity index (χ3v) is 4.37. The molecule has 1 aliphatic rings. The van der Waals surface area contributed by atoms with E-state index in [1.54, 1.807) is 19.2 Å². The van der Waals surface area contributed by atoms with Crippen molar-refractivity contribution in [1.29, 1.82) is 0 Å². The molecule has 0 saturated heterocycles. The molecule has 0 fully saturated rings. The first-order valence-electron chi connectivity index (χ1n) is 8.73. The van der Waals surface area contributed by atoms with E-state index in [9.17, 15) is 0 Å². The van der Waals surface area contributed by atoms with Crippen molar-refractivity contribution >= 4 is 34.7 Å². The Labute approximate surface area is 167 Å². The molecule has 7 nitrogen and oxygen atoms in total. The number of halogens is 1. The third kappa shape index (κ3) is 4.04. The Kier molecular flexibility index (Phi) is 5.08. The van der Waals surface area contributed by atoms with Gasteiger partial charge in [-0.05, 0) is 37.3 Å². The van der Waals surface area contributed by atoms with Crippen LogP contribution in [0.2, 0.25) is 5.02 Å². The van der Waals surface area contributed by atoms with Crippen LogP contribution in [0.4, 0.5) is 23.1 Å². The van der Waals surface area contributed by atoms with E-state index in [1.807, 2.05) is 37.3 Å². The lowest BCUT2D eigenvalue weighted by atomic mass is 10.2. The van der Waals surface area contributed by atoms with Crippen molar-refractivity contribution in [1.82, 2.24) is 9.97 Å². The van der Waals surface area contributed by atoms with Gasteiger partial charge in [-0.1, -0.05) is 11.6 Å². The first kappa shape index (κ1) is 18.2. The van der Waals surface area contributed by atoms with E-state index in [2.05, 4.69) is 20.6 Å². The second kappa shape index (κ2) is 7.82. The highest BCUT2D eigenvalue weighted by molar-refractivity contribution is 6.32. The van der Waals surface area contributed by atoms with Crippen molar-refractivity contribution in [3.8, 4) is 17.2 Å². The molecule has 2 N–H and O–H groups in total. The molecule has 0 atom stereocenters. The first-order valence-corrected chi connectivity index (χ1v) is 9.11. The average molecular weight is 399 g/mol. The van der Waals surface area contributed by atoms with Crippen molar-refractivity contribution in [2.75, 3.05) is 31.0 Å². The van der Waals surface area contributed by atoms with E-state index in [0.717, 1.165) is 22.8 Å². The van der Waals surface area contributed by atoms with E-state index in [1.165, 1.54) is 0 Å². The molecule has 4 rings (SSSR count). The molecule has 0 saturated carbocycles. The second-order valence-electron chi connectivity index (χ2n) is 6.18. The minimum absolute atomic E-state index is 0.471. The van der Waals surface area contributed by atoms with Gasteiger partial charge in [0.05, 0.1) is 12.1 Å². The molecule has 0 spiro atoms. The highest BCUT2D eigenvalue weighted by Crippen LogP contribution is 2.33. The van der Waals surface area contributed by atoms with Gasteiger partial charge in [-0.25, -0.2) is 4.98 Å². The molecule has 1 aromatic heterocycles. The fourth-order valence-electron chi connectivity index (χ4n) is 2.83. The van der Waals surface area contributed by atoms with Crippen LogP contribution in [0.15, 0.2) is 42.5 Å². The molecule has 144 valence electrons.